The normalized spacial score (nSPS) is 11.6. The van der Waals surface area contributed by atoms with Gasteiger partial charge in [-0.2, -0.15) is 13.2 Å². The van der Waals surface area contributed by atoms with Crippen molar-refractivity contribution in [2.45, 2.75) is 23.7 Å². The maximum atomic E-state index is 12.4. The van der Waals surface area contributed by atoms with Crippen LogP contribution >= 0.6 is 11.8 Å². The van der Waals surface area contributed by atoms with Gasteiger partial charge >= 0.3 is 5.51 Å². The fourth-order valence-electron chi connectivity index (χ4n) is 1.60. The second-order valence-corrected chi connectivity index (χ2v) is 4.90. The summed E-state index contributed by atoms with van der Waals surface area (Å²) in [4.78, 5) is -0.124. The van der Waals surface area contributed by atoms with Crippen LogP contribution in [0.1, 0.15) is 12.5 Å². The largest absolute Gasteiger partial charge is 0.504 e. The molecule has 108 valence electrons. The number of benzene rings is 1. The summed E-state index contributed by atoms with van der Waals surface area (Å²) in [6, 6.07) is 2.82. The quantitative estimate of drug-likeness (QED) is 0.625. The van der Waals surface area contributed by atoms with E-state index in [4.69, 9.17) is 4.74 Å². The highest BCUT2D eigenvalue weighted by Gasteiger charge is 2.31. The third-order valence-electron chi connectivity index (χ3n) is 2.37. The van der Waals surface area contributed by atoms with Gasteiger partial charge in [0, 0.05) is 0 Å². The molecule has 0 spiro atoms. The van der Waals surface area contributed by atoms with Crippen molar-refractivity contribution in [3.8, 4) is 11.5 Å². The Kier molecular flexibility index (Phi) is 5.81. The number of halogens is 3. The van der Waals surface area contributed by atoms with Crippen molar-refractivity contribution in [3.05, 3.63) is 17.7 Å². The topological polar surface area (TPSA) is 41.5 Å². The third-order valence-corrected chi connectivity index (χ3v) is 3.12. The zero-order valence-electron chi connectivity index (χ0n) is 10.7. The van der Waals surface area contributed by atoms with Crippen LogP contribution in [-0.4, -0.2) is 30.8 Å². The van der Waals surface area contributed by atoms with Gasteiger partial charge in [0.15, 0.2) is 11.5 Å². The summed E-state index contributed by atoms with van der Waals surface area (Å²) in [6.45, 7) is 3.36. The molecular weight excluding hydrogens is 279 g/mol. The van der Waals surface area contributed by atoms with Crippen LogP contribution in [0.4, 0.5) is 13.2 Å². The van der Waals surface area contributed by atoms with E-state index in [0.717, 1.165) is 6.54 Å². The van der Waals surface area contributed by atoms with Gasteiger partial charge in [0.05, 0.1) is 12.0 Å². The van der Waals surface area contributed by atoms with Crippen LogP contribution in [0, 0.1) is 0 Å². The van der Waals surface area contributed by atoms with E-state index >= 15 is 0 Å². The predicted molar refractivity (Wildman–Crippen MR) is 68.8 cm³/mol. The second kappa shape index (κ2) is 6.91. The fraction of sp³-hybridized carbons (Fsp3) is 0.500. The molecule has 0 aliphatic carbocycles. The summed E-state index contributed by atoms with van der Waals surface area (Å²) in [5.41, 5.74) is -3.79. The van der Waals surface area contributed by atoms with Crippen LogP contribution in [0.2, 0.25) is 0 Å². The van der Waals surface area contributed by atoms with Gasteiger partial charge in [0.1, 0.15) is 0 Å². The molecule has 0 aliphatic heterocycles. The molecule has 2 N–H and O–H groups in total. The second-order valence-electron chi connectivity index (χ2n) is 3.80. The van der Waals surface area contributed by atoms with Gasteiger partial charge in [-0.3, -0.25) is 0 Å². The Morgan fingerprint density at radius 2 is 2.05 bits per heavy atom. The summed E-state index contributed by atoms with van der Waals surface area (Å²) < 4.78 is 42.1. The van der Waals surface area contributed by atoms with Gasteiger partial charge in [-0.25, -0.2) is 0 Å². The molecule has 0 saturated carbocycles. The number of alkyl halides is 3. The Morgan fingerprint density at radius 3 is 2.58 bits per heavy atom. The molecule has 0 bridgehead atoms. The highest BCUT2D eigenvalue weighted by atomic mass is 32.2. The number of nitrogens with one attached hydrogen (secondary N) is 1. The molecule has 0 atom stereocenters. The van der Waals surface area contributed by atoms with Crippen LogP contribution in [0.5, 0.6) is 11.5 Å². The third kappa shape index (κ3) is 5.20. The van der Waals surface area contributed by atoms with E-state index in [1.165, 1.54) is 19.2 Å². The molecule has 0 aliphatic rings. The van der Waals surface area contributed by atoms with Crippen molar-refractivity contribution in [2.75, 3.05) is 20.2 Å². The number of hydrogen-bond donors (Lipinski definition) is 2. The average Bonchev–Trinajstić information content (AvgIpc) is 2.27. The zero-order valence-corrected chi connectivity index (χ0v) is 11.5. The van der Waals surface area contributed by atoms with Crippen LogP contribution in [0.25, 0.3) is 0 Å². The average molecular weight is 295 g/mol. The Hall–Kier alpha value is -1.08. The van der Waals surface area contributed by atoms with E-state index in [0.29, 0.717) is 18.5 Å². The summed E-state index contributed by atoms with van der Waals surface area (Å²) in [6.07, 6.45) is 0.539. The number of hydrogen-bond acceptors (Lipinski definition) is 4. The summed E-state index contributed by atoms with van der Waals surface area (Å²) in [7, 11) is 1.23. The molecule has 0 radical (unpaired) electrons. The molecule has 7 heteroatoms. The van der Waals surface area contributed by atoms with Crippen LogP contribution < -0.4 is 10.1 Å². The smallest absolute Gasteiger partial charge is 0.446 e. The highest BCUT2D eigenvalue weighted by Crippen LogP contribution is 2.45. The number of thioether (sulfide) groups is 1. The van der Waals surface area contributed by atoms with Gasteiger partial charge in [-0.05, 0) is 49.0 Å². The van der Waals surface area contributed by atoms with E-state index in [1.807, 2.05) is 6.92 Å². The molecule has 19 heavy (non-hydrogen) atoms. The van der Waals surface area contributed by atoms with Crippen molar-refractivity contribution in [2.24, 2.45) is 0 Å². The molecule has 0 fully saturated rings. The van der Waals surface area contributed by atoms with Crippen LogP contribution in [0.15, 0.2) is 17.0 Å². The minimum absolute atomic E-state index is 0.124. The fourth-order valence-corrected chi connectivity index (χ4v) is 2.34. The lowest BCUT2D eigenvalue weighted by Gasteiger charge is -2.14. The van der Waals surface area contributed by atoms with Gasteiger partial charge < -0.3 is 15.2 Å². The first-order valence-electron chi connectivity index (χ1n) is 5.73. The minimum atomic E-state index is -4.42. The Balaban J connectivity index is 2.97. The Bertz CT molecular complexity index is 424. The number of ether oxygens (including phenoxy) is 1. The molecule has 0 saturated heterocycles. The van der Waals surface area contributed by atoms with E-state index in [1.54, 1.807) is 0 Å². The Morgan fingerprint density at radius 1 is 1.37 bits per heavy atom. The molecule has 1 aromatic rings. The van der Waals surface area contributed by atoms with Crippen molar-refractivity contribution in [3.63, 3.8) is 0 Å². The molecule has 0 aromatic heterocycles. The SMILES string of the molecule is CCNCCc1cc(O)c(OC)c(SC(F)(F)F)c1. The first-order valence-corrected chi connectivity index (χ1v) is 6.55. The predicted octanol–water partition coefficient (Wildman–Crippen LogP) is 3.16. The van der Waals surface area contributed by atoms with Crippen molar-refractivity contribution >= 4 is 11.8 Å². The van der Waals surface area contributed by atoms with Crippen molar-refractivity contribution < 1.29 is 23.0 Å². The lowest BCUT2D eigenvalue weighted by molar-refractivity contribution is -0.0328. The van der Waals surface area contributed by atoms with Crippen molar-refractivity contribution in [1.82, 2.24) is 5.32 Å². The van der Waals surface area contributed by atoms with Crippen molar-refractivity contribution in [1.29, 1.82) is 0 Å². The Labute approximate surface area is 114 Å². The number of likely N-dealkylation sites (N-methyl/N-ethyl adjacent to an activating group) is 1. The minimum Gasteiger partial charge on any atom is -0.504 e. The van der Waals surface area contributed by atoms with E-state index in [-0.39, 0.29) is 28.2 Å². The first kappa shape index (κ1) is 16.0. The number of phenolic OH excluding ortho intramolecular Hbond substituents is 1. The maximum Gasteiger partial charge on any atom is 0.446 e. The lowest BCUT2D eigenvalue weighted by Crippen LogP contribution is -2.16. The first-order chi connectivity index (χ1) is 8.87. The summed E-state index contributed by atoms with van der Waals surface area (Å²) >= 11 is -0.286. The standard InChI is InChI=1S/C12H16F3NO2S/c1-3-16-5-4-8-6-9(17)11(18-2)10(7-8)19-12(13,14)15/h6-7,16-17H,3-5H2,1-2H3. The van der Waals surface area contributed by atoms with Crippen LogP contribution in [-0.2, 0) is 6.42 Å². The molecule has 0 heterocycles. The molecule has 0 amide bonds. The van der Waals surface area contributed by atoms with E-state index < -0.39 is 5.51 Å². The van der Waals surface area contributed by atoms with E-state index in [2.05, 4.69) is 5.32 Å². The van der Waals surface area contributed by atoms with Gasteiger partial charge in [-0.15, -0.1) is 0 Å². The van der Waals surface area contributed by atoms with Gasteiger partial charge in [0.25, 0.3) is 0 Å². The highest BCUT2D eigenvalue weighted by molar-refractivity contribution is 8.00. The van der Waals surface area contributed by atoms with Crippen LogP contribution in [0.3, 0.4) is 0 Å². The van der Waals surface area contributed by atoms with Gasteiger partial charge in [0.2, 0.25) is 0 Å². The molecule has 0 unspecified atom stereocenters. The van der Waals surface area contributed by atoms with E-state index in [9.17, 15) is 18.3 Å². The summed E-state index contributed by atoms with van der Waals surface area (Å²) in [5.74, 6) is -0.419. The maximum absolute atomic E-state index is 12.4. The molecule has 1 aromatic carbocycles. The molecule has 1 rings (SSSR count). The number of aromatic hydroxyl groups is 1. The number of methoxy groups -OCH3 is 1. The summed E-state index contributed by atoms with van der Waals surface area (Å²) in [5, 5.41) is 12.8. The number of phenols is 1. The zero-order chi connectivity index (χ0) is 14.5. The molecule has 3 nitrogen and oxygen atoms in total. The molecular formula is C12H16F3NO2S. The monoisotopic (exact) mass is 295 g/mol. The lowest BCUT2D eigenvalue weighted by atomic mass is 10.1. The van der Waals surface area contributed by atoms with Gasteiger partial charge in [-0.1, -0.05) is 6.92 Å². The number of rotatable bonds is 6.